The third-order valence-corrected chi connectivity index (χ3v) is 8.73. The molecule has 0 saturated heterocycles. The smallest absolute Gasteiger partial charge is 0.272 e. The molecule has 6 nitrogen and oxygen atoms in total. The lowest BCUT2D eigenvalue weighted by atomic mass is 10.2. The average Bonchev–Trinajstić information content (AvgIpc) is 3.59. The second kappa shape index (κ2) is 15.0. The van der Waals surface area contributed by atoms with Gasteiger partial charge in [0, 0.05) is 27.5 Å². The summed E-state index contributed by atoms with van der Waals surface area (Å²) < 4.78 is 0. The highest BCUT2D eigenvalue weighted by molar-refractivity contribution is 8.00. The maximum absolute atomic E-state index is 13.9. The van der Waals surface area contributed by atoms with Crippen molar-refractivity contribution in [3.05, 3.63) is 149 Å². The molecule has 4 aromatic carbocycles. The minimum Gasteiger partial charge on any atom is -0.321 e. The molecule has 1 unspecified atom stereocenters. The SMILES string of the molecule is CCC(Sc1ccc(NC(=O)/C(=C/c2ccsc2)NC(=O)c2ccccc2)cc1)C(=O)N(c1ccccc1)c1ccccc1. The van der Waals surface area contributed by atoms with E-state index < -0.39 is 5.91 Å². The Bertz CT molecular complexity index is 1670. The molecule has 44 heavy (non-hydrogen) atoms. The summed E-state index contributed by atoms with van der Waals surface area (Å²) in [5, 5.41) is 9.12. The van der Waals surface area contributed by atoms with Gasteiger partial charge in [0.25, 0.3) is 11.8 Å². The Morgan fingerprint density at radius 3 is 1.93 bits per heavy atom. The summed E-state index contributed by atoms with van der Waals surface area (Å²) in [6.45, 7) is 2.00. The van der Waals surface area contributed by atoms with Crippen LogP contribution in [0.15, 0.2) is 143 Å². The molecule has 2 N–H and O–H groups in total. The van der Waals surface area contributed by atoms with Gasteiger partial charge in [-0.3, -0.25) is 19.3 Å². The number of amides is 3. The number of nitrogens with one attached hydrogen (secondary N) is 2. The van der Waals surface area contributed by atoms with Crippen LogP contribution in [0.3, 0.4) is 0 Å². The monoisotopic (exact) mass is 617 g/mol. The average molecular weight is 618 g/mol. The van der Waals surface area contributed by atoms with Gasteiger partial charge >= 0.3 is 0 Å². The summed E-state index contributed by atoms with van der Waals surface area (Å²) in [6.07, 6.45) is 2.29. The number of thiophene rings is 1. The minimum absolute atomic E-state index is 0.00959. The highest BCUT2D eigenvalue weighted by Crippen LogP contribution is 2.33. The summed E-state index contributed by atoms with van der Waals surface area (Å²) in [5.74, 6) is -0.821. The first-order valence-electron chi connectivity index (χ1n) is 14.1. The van der Waals surface area contributed by atoms with E-state index in [0.29, 0.717) is 17.7 Å². The maximum Gasteiger partial charge on any atom is 0.272 e. The Kier molecular flexibility index (Phi) is 10.4. The first-order valence-corrected chi connectivity index (χ1v) is 16.0. The van der Waals surface area contributed by atoms with E-state index in [1.165, 1.54) is 23.1 Å². The molecule has 5 aromatic rings. The van der Waals surface area contributed by atoms with Crippen LogP contribution in [0.4, 0.5) is 17.1 Å². The first kappa shape index (κ1) is 30.5. The molecule has 5 rings (SSSR count). The Labute approximate surface area is 265 Å². The zero-order valence-corrected chi connectivity index (χ0v) is 25.7. The molecule has 0 fully saturated rings. The van der Waals surface area contributed by atoms with Gasteiger partial charge < -0.3 is 10.6 Å². The molecule has 0 aliphatic rings. The van der Waals surface area contributed by atoms with Crippen molar-refractivity contribution in [2.24, 2.45) is 0 Å². The van der Waals surface area contributed by atoms with Crippen molar-refractivity contribution in [2.45, 2.75) is 23.5 Å². The maximum atomic E-state index is 13.9. The van der Waals surface area contributed by atoms with Crippen molar-refractivity contribution in [1.29, 1.82) is 0 Å². The van der Waals surface area contributed by atoms with E-state index in [9.17, 15) is 14.4 Å². The molecule has 1 atom stereocenters. The summed E-state index contributed by atoms with van der Waals surface area (Å²) in [6, 6.07) is 37.3. The highest BCUT2D eigenvalue weighted by atomic mass is 32.2. The largest absolute Gasteiger partial charge is 0.321 e. The van der Waals surface area contributed by atoms with Crippen molar-refractivity contribution >= 4 is 64.0 Å². The summed E-state index contributed by atoms with van der Waals surface area (Å²) in [4.78, 5) is 42.7. The van der Waals surface area contributed by atoms with Gasteiger partial charge in [-0.2, -0.15) is 11.3 Å². The Morgan fingerprint density at radius 2 is 1.39 bits per heavy atom. The highest BCUT2D eigenvalue weighted by Gasteiger charge is 2.26. The van der Waals surface area contributed by atoms with E-state index in [1.54, 1.807) is 47.4 Å². The Hall–Kier alpha value is -4.92. The molecule has 0 radical (unpaired) electrons. The van der Waals surface area contributed by atoms with Crippen molar-refractivity contribution in [1.82, 2.24) is 5.32 Å². The lowest BCUT2D eigenvalue weighted by Crippen LogP contribution is -2.34. The number of nitrogens with zero attached hydrogens (tertiary/aromatic N) is 1. The van der Waals surface area contributed by atoms with Gasteiger partial charge in [0.15, 0.2) is 0 Å². The van der Waals surface area contributed by atoms with Crippen LogP contribution in [0.25, 0.3) is 6.08 Å². The number of anilines is 3. The third-order valence-electron chi connectivity index (χ3n) is 6.67. The van der Waals surface area contributed by atoms with Crippen LogP contribution >= 0.6 is 23.1 Å². The Morgan fingerprint density at radius 1 is 0.795 bits per heavy atom. The van der Waals surface area contributed by atoms with Crippen molar-refractivity contribution in [2.75, 3.05) is 10.2 Å². The fourth-order valence-electron chi connectivity index (χ4n) is 4.46. The van der Waals surface area contributed by atoms with E-state index in [2.05, 4.69) is 10.6 Å². The van der Waals surface area contributed by atoms with Crippen molar-refractivity contribution in [3.8, 4) is 0 Å². The van der Waals surface area contributed by atoms with Gasteiger partial charge in [0.1, 0.15) is 5.70 Å². The zero-order valence-electron chi connectivity index (χ0n) is 24.1. The molecular weight excluding hydrogens is 587 g/mol. The number of rotatable bonds is 11. The zero-order chi connectivity index (χ0) is 30.7. The van der Waals surface area contributed by atoms with Crippen LogP contribution in [0, 0.1) is 0 Å². The van der Waals surface area contributed by atoms with E-state index >= 15 is 0 Å². The van der Waals surface area contributed by atoms with Gasteiger partial charge in [-0.1, -0.05) is 61.5 Å². The fourth-order valence-corrected chi connectivity index (χ4v) is 6.07. The van der Waals surface area contributed by atoms with Crippen LogP contribution in [-0.2, 0) is 9.59 Å². The standard InChI is InChI=1S/C36H31N3O3S2/c1-2-33(36(42)39(29-14-8-4-9-15-29)30-16-10-5-11-17-30)44-31-20-18-28(19-21-31)37-35(41)32(24-26-22-23-43-25-26)38-34(40)27-12-6-3-7-13-27/h3-25,33H,2H2,1H3,(H,37,41)(H,38,40)/b32-24-. The van der Waals surface area contributed by atoms with Crippen LogP contribution in [-0.4, -0.2) is 23.0 Å². The van der Waals surface area contributed by atoms with Gasteiger partial charge in [0.2, 0.25) is 5.91 Å². The molecular formula is C36H31N3O3S2. The molecule has 3 amide bonds. The minimum atomic E-state index is -0.441. The quantitative estimate of drug-likeness (QED) is 0.115. The fraction of sp³-hybridized carbons (Fsp3) is 0.0833. The van der Waals surface area contributed by atoms with Crippen LogP contribution in [0.1, 0.15) is 29.3 Å². The molecule has 0 aliphatic heterocycles. The van der Waals surface area contributed by atoms with Gasteiger partial charge in [0.05, 0.1) is 5.25 Å². The second-order valence-corrected chi connectivity index (χ2v) is 11.8. The molecule has 1 aromatic heterocycles. The van der Waals surface area contributed by atoms with E-state index in [0.717, 1.165) is 21.8 Å². The number of carbonyl (C=O) groups excluding carboxylic acids is 3. The number of hydrogen-bond acceptors (Lipinski definition) is 5. The van der Waals surface area contributed by atoms with Crippen LogP contribution in [0.5, 0.6) is 0 Å². The third kappa shape index (κ3) is 7.92. The Balaban J connectivity index is 1.29. The molecule has 220 valence electrons. The predicted octanol–water partition coefficient (Wildman–Crippen LogP) is 8.39. The molecule has 0 saturated carbocycles. The van der Waals surface area contributed by atoms with Crippen molar-refractivity contribution < 1.29 is 14.4 Å². The number of hydrogen-bond donors (Lipinski definition) is 2. The topological polar surface area (TPSA) is 78.5 Å². The molecule has 8 heteroatoms. The predicted molar refractivity (Wildman–Crippen MR) is 181 cm³/mol. The normalized spacial score (nSPS) is 11.8. The molecule has 0 bridgehead atoms. The summed E-state index contributed by atoms with van der Waals surface area (Å²) in [5.41, 5.74) is 3.60. The number of para-hydroxylation sites is 2. The van der Waals surface area contributed by atoms with Crippen LogP contribution in [0.2, 0.25) is 0 Å². The van der Waals surface area contributed by atoms with Crippen molar-refractivity contribution in [3.63, 3.8) is 0 Å². The van der Waals surface area contributed by atoms with E-state index in [1.807, 2.05) is 103 Å². The molecule has 1 heterocycles. The molecule has 0 spiro atoms. The van der Waals surface area contributed by atoms with Crippen LogP contribution < -0.4 is 15.5 Å². The lowest BCUT2D eigenvalue weighted by molar-refractivity contribution is -0.117. The van der Waals surface area contributed by atoms with Gasteiger partial charge in [-0.25, -0.2) is 0 Å². The summed E-state index contributed by atoms with van der Waals surface area (Å²) >= 11 is 2.99. The van der Waals surface area contributed by atoms with Gasteiger partial charge in [-0.05, 0) is 95.6 Å². The number of benzene rings is 4. The lowest BCUT2D eigenvalue weighted by Gasteiger charge is -2.27. The van der Waals surface area contributed by atoms with Gasteiger partial charge in [-0.15, -0.1) is 11.8 Å². The van der Waals surface area contributed by atoms with E-state index in [-0.39, 0.29) is 22.8 Å². The number of thioether (sulfide) groups is 1. The number of carbonyl (C=O) groups is 3. The molecule has 0 aliphatic carbocycles. The van der Waals surface area contributed by atoms with E-state index in [4.69, 9.17) is 0 Å². The first-order chi connectivity index (χ1) is 21.5. The second-order valence-electron chi connectivity index (χ2n) is 9.77. The summed E-state index contributed by atoms with van der Waals surface area (Å²) in [7, 11) is 0.